The van der Waals surface area contributed by atoms with Crippen LogP contribution in [0.5, 0.6) is 0 Å². The van der Waals surface area contributed by atoms with Gasteiger partial charge in [0.15, 0.2) is 0 Å². The zero-order valence-electron chi connectivity index (χ0n) is 15.2. The number of rotatable bonds is 3. The van der Waals surface area contributed by atoms with Crippen molar-refractivity contribution in [1.29, 1.82) is 0 Å². The van der Waals surface area contributed by atoms with Gasteiger partial charge >= 0.3 is 0 Å². The van der Waals surface area contributed by atoms with Gasteiger partial charge in [0, 0.05) is 42.1 Å². The minimum absolute atomic E-state index is 0.00213. The number of nitrogens with one attached hydrogen (secondary N) is 1. The largest absolute Gasteiger partial charge is 0.354 e. The molecular formula is C20H22N4OS. The Kier molecular flexibility index (Phi) is 4.36. The molecule has 0 spiro atoms. The monoisotopic (exact) mass is 366 g/mol. The lowest BCUT2D eigenvalue weighted by Crippen LogP contribution is -2.23. The molecular weight excluding hydrogens is 344 g/mol. The standard InChI is InChI=1S/C20H22N4OS/c1-12-10-13(2)23-20(22-12)24-9-8-14(11-24)17-15-6-4-5-7-16(15)26-18(17)19(25)21-3/h4-7,10,14H,8-9,11H2,1-3H3,(H,21,25)/t14-/m1/s1. The highest BCUT2D eigenvalue weighted by molar-refractivity contribution is 7.21. The number of anilines is 1. The van der Waals surface area contributed by atoms with E-state index in [2.05, 4.69) is 32.3 Å². The number of hydrogen-bond donors (Lipinski definition) is 1. The van der Waals surface area contributed by atoms with E-state index in [0.717, 1.165) is 41.7 Å². The lowest BCUT2D eigenvalue weighted by molar-refractivity contribution is 0.0966. The zero-order chi connectivity index (χ0) is 18.3. The lowest BCUT2D eigenvalue weighted by atomic mass is 9.95. The molecule has 1 aromatic carbocycles. The Hall–Kier alpha value is -2.47. The summed E-state index contributed by atoms with van der Waals surface area (Å²) in [5, 5.41) is 4.00. The first kappa shape index (κ1) is 17.0. The SMILES string of the molecule is CNC(=O)c1sc2ccccc2c1[C@@H]1CCN(c2nc(C)cc(C)n2)C1. The molecule has 4 rings (SSSR count). The predicted molar refractivity (Wildman–Crippen MR) is 106 cm³/mol. The van der Waals surface area contributed by atoms with Crippen LogP contribution >= 0.6 is 11.3 Å². The van der Waals surface area contributed by atoms with Gasteiger partial charge in [-0.25, -0.2) is 9.97 Å². The lowest BCUT2D eigenvalue weighted by Gasteiger charge is -2.17. The van der Waals surface area contributed by atoms with E-state index in [9.17, 15) is 4.79 Å². The summed E-state index contributed by atoms with van der Waals surface area (Å²) in [7, 11) is 1.70. The van der Waals surface area contributed by atoms with E-state index in [1.54, 1.807) is 18.4 Å². The number of nitrogens with zero attached hydrogens (tertiary/aromatic N) is 3. The van der Waals surface area contributed by atoms with E-state index < -0.39 is 0 Å². The summed E-state index contributed by atoms with van der Waals surface area (Å²) < 4.78 is 1.17. The summed E-state index contributed by atoms with van der Waals surface area (Å²) in [6.07, 6.45) is 1.00. The summed E-state index contributed by atoms with van der Waals surface area (Å²) >= 11 is 1.58. The van der Waals surface area contributed by atoms with Crippen LogP contribution in [-0.2, 0) is 0 Å². The summed E-state index contributed by atoms with van der Waals surface area (Å²) in [4.78, 5) is 24.8. The second kappa shape index (κ2) is 6.68. The first-order chi connectivity index (χ1) is 12.6. The molecule has 0 unspecified atom stereocenters. The second-order valence-corrected chi connectivity index (χ2v) is 7.85. The Morgan fingerprint density at radius 2 is 1.96 bits per heavy atom. The molecule has 6 heteroatoms. The van der Waals surface area contributed by atoms with Crippen molar-refractivity contribution in [1.82, 2.24) is 15.3 Å². The third-order valence-corrected chi connectivity index (χ3v) is 6.10. The van der Waals surface area contributed by atoms with Crippen LogP contribution in [-0.4, -0.2) is 36.0 Å². The molecule has 1 aliphatic rings. The molecule has 0 aliphatic carbocycles. The minimum Gasteiger partial charge on any atom is -0.354 e. The van der Waals surface area contributed by atoms with Crippen LogP contribution in [0.2, 0.25) is 0 Å². The zero-order valence-corrected chi connectivity index (χ0v) is 16.1. The minimum atomic E-state index is 0.00213. The first-order valence-corrected chi connectivity index (χ1v) is 9.69. The summed E-state index contributed by atoms with van der Waals surface area (Å²) in [5.74, 6) is 1.11. The number of fused-ring (bicyclic) bond motifs is 1. The predicted octanol–water partition coefficient (Wildman–Crippen LogP) is 3.66. The van der Waals surface area contributed by atoms with Crippen LogP contribution in [0.3, 0.4) is 0 Å². The molecule has 1 amide bonds. The average Bonchev–Trinajstić information content (AvgIpc) is 3.24. The fourth-order valence-corrected chi connectivity index (χ4v) is 5.02. The number of carbonyl (C=O) groups excluding carboxylic acids is 1. The number of hydrogen-bond acceptors (Lipinski definition) is 5. The van der Waals surface area contributed by atoms with Crippen molar-refractivity contribution in [3.8, 4) is 0 Å². The van der Waals surface area contributed by atoms with E-state index in [1.807, 2.05) is 32.0 Å². The average molecular weight is 366 g/mol. The summed E-state index contributed by atoms with van der Waals surface area (Å²) in [5.41, 5.74) is 3.16. The molecule has 134 valence electrons. The second-order valence-electron chi connectivity index (χ2n) is 6.80. The molecule has 1 atom stereocenters. The van der Waals surface area contributed by atoms with Gasteiger partial charge < -0.3 is 10.2 Å². The molecule has 1 aliphatic heterocycles. The molecule has 1 saturated heterocycles. The van der Waals surface area contributed by atoms with E-state index in [-0.39, 0.29) is 5.91 Å². The maximum absolute atomic E-state index is 12.5. The first-order valence-electron chi connectivity index (χ1n) is 8.87. The molecule has 0 radical (unpaired) electrons. The van der Waals surface area contributed by atoms with E-state index >= 15 is 0 Å². The van der Waals surface area contributed by atoms with Gasteiger partial charge in [-0.05, 0) is 43.4 Å². The Morgan fingerprint density at radius 3 is 2.69 bits per heavy atom. The Balaban J connectivity index is 1.71. The van der Waals surface area contributed by atoms with E-state index in [1.165, 1.54) is 15.6 Å². The number of amides is 1. The van der Waals surface area contributed by atoms with Crippen molar-refractivity contribution in [3.63, 3.8) is 0 Å². The van der Waals surface area contributed by atoms with Gasteiger partial charge in [0.05, 0.1) is 4.88 Å². The third kappa shape index (κ3) is 2.94. The summed E-state index contributed by atoms with van der Waals surface area (Å²) in [6.45, 7) is 5.75. The Bertz CT molecular complexity index is 961. The van der Waals surface area contributed by atoms with Gasteiger partial charge in [-0.15, -0.1) is 11.3 Å². The molecule has 3 aromatic rings. The molecule has 0 bridgehead atoms. The number of aromatic nitrogens is 2. The fraction of sp³-hybridized carbons (Fsp3) is 0.350. The van der Waals surface area contributed by atoms with Gasteiger partial charge in [-0.1, -0.05) is 18.2 Å². The third-order valence-electron chi connectivity index (χ3n) is 4.92. The van der Waals surface area contributed by atoms with Crippen LogP contribution in [0, 0.1) is 13.8 Å². The smallest absolute Gasteiger partial charge is 0.261 e. The van der Waals surface area contributed by atoms with Crippen molar-refractivity contribution in [2.45, 2.75) is 26.2 Å². The number of thiophene rings is 1. The van der Waals surface area contributed by atoms with E-state index in [4.69, 9.17) is 0 Å². The molecule has 5 nitrogen and oxygen atoms in total. The molecule has 1 fully saturated rings. The maximum atomic E-state index is 12.5. The number of aryl methyl sites for hydroxylation is 2. The van der Waals surface area contributed by atoms with Crippen molar-refractivity contribution in [2.24, 2.45) is 0 Å². The molecule has 2 aromatic heterocycles. The van der Waals surface area contributed by atoms with Crippen LogP contribution < -0.4 is 10.2 Å². The highest BCUT2D eigenvalue weighted by Crippen LogP contribution is 2.40. The number of benzene rings is 1. The van der Waals surface area contributed by atoms with Gasteiger partial charge in [-0.3, -0.25) is 4.79 Å². The molecule has 26 heavy (non-hydrogen) atoms. The normalized spacial score (nSPS) is 17.0. The van der Waals surface area contributed by atoms with Crippen LogP contribution in [0.15, 0.2) is 30.3 Å². The quantitative estimate of drug-likeness (QED) is 0.768. The van der Waals surface area contributed by atoms with Gasteiger partial charge in [0.1, 0.15) is 0 Å². The van der Waals surface area contributed by atoms with Gasteiger partial charge in [0.2, 0.25) is 5.95 Å². The fourth-order valence-electron chi connectivity index (χ4n) is 3.78. The maximum Gasteiger partial charge on any atom is 0.261 e. The topological polar surface area (TPSA) is 58.1 Å². The molecule has 0 saturated carbocycles. The molecule has 3 heterocycles. The Labute approximate surface area is 157 Å². The van der Waals surface area contributed by atoms with Gasteiger partial charge in [0.25, 0.3) is 5.91 Å². The van der Waals surface area contributed by atoms with Crippen LogP contribution in [0.25, 0.3) is 10.1 Å². The number of carbonyl (C=O) groups is 1. The molecule has 1 N–H and O–H groups in total. The van der Waals surface area contributed by atoms with Crippen molar-refractivity contribution in [2.75, 3.05) is 25.0 Å². The van der Waals surface area contributed by atoms with Crippen LogP contribution in [0.1, 0.15) is 39.0 Å². The van der Waals surface area contributed by atoms with E-state index in [0.29, 0.717) is 5.92 Å². The van der Waals surface area contributed by atoms with Crippen molar-refractivity contribution in [3.05, 3.63) is 52.2 Å². The van der Waals surface area contributed by atoms with Crippen molar-refractivity contribution < 1.29 is 4.79 Å². The summed E-state index contributed by atoms with van der Waals surface area (Å²) in [6, 6.07) is 10.3. The van der Waals surface area contributed by atoms with Crippen LogP contribution in [0.4, 0.5) is 5.95 Å². The highest BCUT2D eigenvalue weighted by atomic mass is 32.1. The Morgan fingerprint density at radius 1 is 1.23 bits per heavy atom. The highest BCUT2D eigenvalue weighted by Gasteiger charge is 2.31. The van der Waals surface area contributed by atoms with Crippen molar-refractivity contribution >= 4 is 33.3 Å². The van der Waals surface area contributed by atoms with Gasteiger partial charge in [-0.2, -0.15) is 0 Å².